The fraction of sp³-hybridized carbons (Fsp3) is 0.250. The number of rotatable bonds is 5. The Morgan fingerprint density at radius 3 is 2.25 bits per heavy atom. The summed E-state index contributed by atoms with van der Waals surface area (Å²) in [5.74, 6) is 1.39. The van der Waals surface area contributed by atoms with E-state index in [9.17, 15) is 4.79 Å². The molecule has 142 valence electrons. The maximum absolute atomic E-state index is 13.0. The smallest absolute Gasteiger partial charge is 0.236 e. The van der Waals surface area contributed by atoms with E-state index in [4.69, 9.17) is 9.72 Å². The average Bonchev–Trinajstić information content (AvgIpc) is 3.52. The highest BCUT2D eigenvalue weighted by Crippen LogP contribution is 2.49. The molecule has 1 aliphatic carbocycles. The summed E-state index contributed by atoms with van der Waals surface area (Å²) in [5, 5.41) is 3.04. The summed E-state index contributed by atoms with van der Waals surface area (Å²) in [6.07, 6.45) is 1.70. The molecule has 0 bridgehead atoms. The first-order chi connectivity index (χ1) is 13.5. The van der Waals surface area contributed by atoms with E-state index in [-0.39, 0.29) is 5.91 Å². The topological polar surface area (TPSA) is 51.2 Å². The molecular formula is C24H24N2O2. The molecule has 1 aromatic heterocycles. The first kappa shape index (κ1) is 18.2. The van der Waals surface area contributed by atoms with Crippen LogP contribution in [-0.4, -0.2) is 18.0 Å². The summed E-state index contributed by atoms with van der Waals surface area (Å²) in [6.45, 7) is 4.10. The molecule has 0 unspecified atom stereocenters. The van der Waals surface area contributed by atoms with Crippen LogP contribution < -0.4 is 10.1 Å². The van der Waals surface area contributed by atoms with Crippen LogP contribution in [0.15, 0.2) is 60.7 Å². The van der Waals surface area contributed by atoms with Gasteiger partial charge in [0.05, 0.1) is 18.2 Å². The van der Waals surface area contributed by atoms with Crippen molar-refractivity contribution in [3.8, 4) is 17.0 Å². The van der Waals surface area contributed by atoms with E-state index in [1.807, 2.05) is 43.3 Å². The Balaban J connectivity index is 1.58. The highest BCUT2D eigenvalue weighted by molar-refractivity contribution is 6.01. The van der Waals surface area contributed by atoms with E-state index in [0.29, 0.717) is 5.82 Å². The van der Waals surface area contributed by atoms with Crippen molar-refractivity contribution >= 4 is 11.7 Å². The van der Waals surface area contributed by atoms with Gasteiger partial charge in [0.25, 0.3) is 0 Å². The second-order valence-electron chi connectivity index (χ2n) is 7.49. The first-order valence-corrected chi connectivity index (χ1v) is 9.52. The second kappa shape index (κ2) is 7.12. The Morgan fingerprint density at radius 2 is 1.64 bits per heavy atom. The first-order valence-electron chi connectivity index (χ1n) is 9.52. The van der Waals surface area contributed by atoms with Gasteiger partial charge in [0, 0.05) is 5.56 Å². The van der Waals surface area contributed by atoms with Crippen molar-refractivity contribution < 1.29 is 9.53 Å². The van der Waals surface area contributed by atoms with Crippen LogP contribution in [0.2, 0.25) is 0 Å². The third-order valence-corrected chi connectivity index (χ3v) is 5.49. The molecule has 0 spiro atoms. The number of nitrogens with one attached hydrogen (secondary N) is 1. The van der Waals surface area contributed by atoms with Gasteiger partial charge in [0.1, 0.15) is 11.6 Å². The van der Waals surface area contributed by atoms with Crippen LogP contribution in [0.25, 0.3) is 11.3 Å². The molecule has 1 N–H and O–H groups in total. The lowest BCUT2D eigenvalue weighted by Gasteiger charge is -2.17. The normalized spacial score (nSPS) is 14.4. The van der Waals surface area contributed by atoms with Gasteiger partial charge in [-0.1, -0.05) is 48.0 Å². The van der Waals surface area contributed by atoms with Crippen LogP contribution in [0.5, 0.6) is 5.75 Å². The Kier molecular flexibility index (Phi) is 4.63. The molecule has 0 radical (unpaired) electrons. The molecule has 3 aromatic rings. The highest BCUT2D eigenvalue weighted by Gasteiger charge is 2.51. The molecular weight excluding hydrogens is 348 g/mol. The number of aromatic nitrogens is 1. The number of nitrogens with zero attached hydrogens (tertiary/aromatic N) is 1. The number of benzene rings is 2. The lowest BCUT2D eigenvalue weighted by molar-refractivity contribution is -0.118. The number of aryl methyl sites for hydroxylation is 2. The standard InChI is InChI=1S/C24H24N2O2/c1-16-4-7-18(8-5-16)22-17(2)6-13-21(25-22)26-23(27)24(14-15-24)19-9-11-20(28-3)12-10-19/h4-13H,14-15H2,1-3H3,(H,25,26,27). The van der Waals surface area contributed by atoms with Crippen LogP contribution in [0.1, 0.15) is 29.5 Å². The van der Waals surface area contributed by atoms with E-state index in [2.05, 4.69) is 36.5 Å². The van der Waals surface area contributed by atoms with E-state index < -0.39 is 5.41 Å². The maximum Gasteiger partial charge on any atom is 0.236 e. The van der Waals surface area contributed by atoms with Gasteiger partial charge in [0.2, 0.25) is 5.91 Å². The third kappa shape index (κ3) is 3.38. The fourth-order valence-electron chi connectivity index (χ4n) is 3.52. The molecule has 4 nitrogen and oxygen atoms in total. The van der Waals surface area contributed by atoms with Crippen LogP contribution in [0, 0.1) is 13.8 Å². The van der Waals surface area contributed by atoms with Crippen LogP contribution in [-0.2, 0) is 10.2 Å². The summed E-state index contributed by atoms with van der Waals surface area (Å²) in [7, 11) is 1.64. The third-order valence-electron chi connectivity index (χ3n) is 5.49. The Hall–Kier alpha value is -3.14. The number of hydrogen-bond acceptors (Lipinski definition) is 3. The minimum atomic E-state index is -0.455. The van der Waals surface area contributed by atoms with Crippen LogP contribution in [0.4, 0.5) is 5.82 Å². The zero-order valence-corrected chi connectivity index (χ0v) is 16.5. The summed E-state index contributed by atoms with van der Waals surface area (Å²) < 4.78 is 5.22. The Bertz CT molecular complexity index is 1000. The Labute approximate surface area is 165 Å². The van der Waals surface area contributed by atoms with Gasteiger partial charge < -0.3 is 10.1 Å². The van der Waals surface area contributed by atoms with E-state index >= 15 is 0 Å². The number of carbonyl (C=O) groups is 1. The van der Waals surface area contributed by atoms with Crippen LogP contribution in [0.3, 0.4) is 0 Å². The molecule has 0 aliphatic heterocycles. The average molecular weight is 372 g/mol. The minimum Gasteiger partial charge on any atom is -0.497 e. The molecule has 4 heteroatoms. The van der Waals surface area contributed by atoms with Crippen molar-refractivity contribution in [1.29, 1.82) is 0 Å². The largest absolute Gasteiger partial charge is 0.497 e. The molecule has 28 heavy (non-hydrogen) atoms. The molecule has 1 heterocycles. The van der Waals surface area contributed by atoms with Gasteiger partial charge in [-0.05, 0) is 56.0 Å². The molecule has 4 rings (SSSR count). The van der Waals surface area contributed by atoms with Crippen molar-refractivity contribution in [1.82, 2.24) is 4.98 Å². The number of ether oxygens (including phenoxy) is 1. The number of carbonyl (C=O) groups excluding carboxylic acids is 1. The predicted octanol–water partition coefficient (Wildman–Crippen LogP) is 5.04. The minimum absolute atomic E-state index is 0.00359. The van der Waals surface area contributed by atoms with E-state index in [1.54, 1.807) is 7.11 Å². The van der Waals surface area contributed by atoms with Gasteiger partial charge in [-0.2, -0.15) is 0 Å². The molecule has 1 fully saturated rings. The Morgan fingerprint density at radius 1 is 0.964 bits per heavy atom. The molecule has 0 atom stereocenters. The lowest BCUT2D eigenvalue weighted by Crippen LogP contribution is -2.28. The van der Waals surface area contributed by atoms with E-state index in [1.165, 1.54) is 5.56 Å². The molecule has 1 amide bonds. The van der Waals surface area contributed by atoms with Gasteiger partial charge in [0.15, 0.2) is 0 Å². The summed E-state index contributed by atoms with van der Waals surface area (Å²) in [5.41, 5.74) is 4.81. The monoisotopic (exact) mass is 372 g/mol. The SMILES string of the molecule is COc1ccc(C2(C(=O)Nc3ccc(C)c(-c4ccc(C)cc4)n3)CC2)cc1. The van der Waals surface area contributed by atoms with Crippen LogP contribution >= 0.6 is 0 Å². The second-order valence-corrected chi connectivity index (χ2v) is 7.49. The van der Waals surface area contributed by atoms with Crippen molar-refractivity contribution in [3.63, 3.8) is 0 Å². The number of pyridine rings is 1. The predicted molar refractivity (Wildman–Crippen MR) is 112 cm³/mol. The number of amides is 1. The van der Waals surface area contributed by atoms with Crippen molar-refractivity contribution in [3.05, 3.63) is 77.4 Å². The summed E-state index contributed by atoms with van der Waals surface area (Å²) in [4.78, 5) is 17.8. The van der Waals surface area contributed by atoms with Gasteiger partial charge in [-0.15, -0.1) is 0 Å². The van der Waals surface area contributed by atoms with Crippen molar-refractivity contribution in [2.24, 2.45) is 0 Å². The summed E-state index contributed by atoms with van der Waals surface area (Å²) in [6, 6.07) is 19.9. The lowest BCUT2D eigenvalue weighted by atomic mass is 9.95. The van der Waals surface area contributed by atoms with Crippen molar-refractivity contribution in [2.75, 3.05) is 12.4 Å². The highest BCUT2D eigenvalue weighted by atomic mass is 16.5. The zero-order chi connectivity index (χ0) is 19.7. The maximum atomic E-state index is 13.0. The quantitative estimate of drug-likeness (QED) is 0.682. The number of hydrogen-bond donors (Lipinski definition) is 1. The van der Waals surface area contributed by atoms with Gasteiger partial charge in [-0.25, -0.2) is 4.98 Å². The molecule has 2 aromatic carbocycles. The van der Waals surface area contributed by atoms with Gasteiger partial charge in [-0.3, -0.25) is 4.79 Å². The number of methoxy groups -OCH3 is 1. The molecule has 1 saturated carbocycles. The molecule has 0 saturated heterocycles. The fourth-order valence-corrected chi connectivity index (χ4v) is 3.52. The number of anilines is 1. The van der Waals surface area contributed by atoms with E-state index in [0.717, 1.165) is 41.0 Å². The van der Waals surface area contributed by atoms with Gasteiger partial charge >= 0.3 is 0 Å². The molecule has 1 aliphatic rings. The summed E-state index contributed by atoms with van der Waals surface area (Å²) >= 11 is 0. The van der Waals surface area contributed by atoms with Crippen molar-refractivity contribution in [2.45, 2.75) is 32.1 Å². The zero-order valence-electron chi connectivity index (χ0n) is 16.5.